The number of carbonyl (C=O) groups excluding carboxylic acids is 1. The van der Waals surface area contributed by atoms with Crippen LogP contribution in [0.3, 0.4) is 0 Å². The molecule has 4 heteroatoms. The van der Waals surface area contributed by atoms with Crippen LogP contribution in [-0.2, 0) is 4.79 Å². The fourth-order valence-corrected chi connectivity index (χ4v) is 1.88. The molecule has 0 radical (unpaired) electrons. The first-order chi connectivity index (χ1) is 8.06. The summed E-state index contributed by atoms with van der Waals surface area (Å²) in [6.45, 7) is 3.83. The van der Waals surface area contributed by atoms with Crippen LogP contribution in [0.1, 0.15) is 25.3 Å². The van der Waals surface area contributed by atoms with E-state index in [-0.39, 0.29) is 11.9 Å². The Morgan fingerprint density at radius 1 is 1.47 bits per heavy atom. The Balaban J connectivity index is 1.96. The van der Waals surface area contributed by atoms with Crippen molar-refractivity contribution in [3.63, 3.8) is 0 Å². The van der Waals surface area contributed by atoms with Crippen molar-refractivity contribution >= 4 is 23.2 Å². The topological polar surface area (TPSA) is 41.1 Å². The SMILES string of the molecule is Cc1ccc(NC(C)C(=O)NC2CC2)c(Cl)c1. The summed E-state index contributed by atoms with van der Waals surface area (Å²) in [5.74, 6) is 0.0316. The molecule has 2 rings (SSSR count). The van der Waals surface area contributed by atoms with Crippen LogP contribution in [0.2, 0.25) is 5.02 Å². The standard InChI is InChI=1S/C13H17ClN2O/c1-8-3-6-12(11(14)7-8)15-9(2)13(17)16-10-4-5-10/h3,6-7,9-10,15H,4-5H2,1-2H3,(H,16,17). The second-order valence-corrected chi connectivity index (χ2v) is 5.04. The molecule has 0 spiro atoms. The van der Waals surface area contributed by atoms with Gasteiger partial charge in [0, 0.05) is 6.04 Å². The predicted octanol–water partition coefficient (Wildman–Crippen LogP) is 2.73. The Hall–Kier alpha value is -1.22. The van der Waals surface area contributed by atoms with Crippen LogP contribution >= 0.6 is 11.6 Å². The Kier molecular flexibility index (Phi) is 3.57. The van der Waals surface area contributed by atoms with Crippen LogP contribution in [0.25, 0.3) is 0 Å². The highest BCUT2D eigenvalue weighted by molar-refractivity contribution is 6.33. The number of amides is 1. The van der Waals surface area contributed by atoms with E-state index in [1.165, 1.54) is 0 Å². The van der Waals surface area contributed by atoms with Gasteiger partial charge < -0.3 is 10.6 Å². The summed E-state index contributed by atoms with van der Waals surface area (Å²) >= 11 is 6.10. The lowest BCUT2D eigenvalue weighted by atomic mass is 10.2. The molecule has 0 heterocycles. The summed E-state index contributed by atoms with van der Waals surface area (Å²) in [4.78, 5) is 11.8. The van der Waals surface area contributed by atoms with Gasteiger partial charge in [0.05, 0.1) is 10.7 Å². The smallest absolute Gasteiger partial charge is 0.242 e. The van der Waals surface area contributed by atoms with Crippen molar-refractivity contribution < 1.29 is 4.79 Å². The molecule has 1 aromatic rings. The zero-order chi connectivity index (χ0) is 12.4. The number of hydrogen-bond acceptors (Lipinski definition) is 2. The Morgan fingerprint density at radius 2 is 2.18 bits per heavy atom. The monoisotopic (exact) mass is 252 g/mol. The highest BCUT2D eigenvalue weighted by atomic mass is 35.5. The molecule has 1 saturated carbocycles. The van der Waals surface area contributed by atoms with Crippen molar-refractivity contribution in [2.45, 2.75) is 38.8 Å². The molecule has 0 aliphatic heterocycles. The minimum absolute atomic E-state index is 0.0316. The van der Waals surface area contributed by atoms with Crippen molar-refractivity contribution in [2.75, 3.05) is 5.32 Å². The molecule has 1 aromatic carbocycles. The zero-order valence-electron chi connectivity index (χ0n) is 10.1. The number of aryl methyl sites for hydroxylation is 1. The summed E-state index contributed by atoms with van der Waals surface area (Å²) in [7, 11) is 0. The number of carbonyl (C=O) groups is 1. The minimum Gasteiger partial charge on any atom is -0.373 e. The van der Waals surface area contributed by atoms with Crippen LogP contribution in [0.5, 0.6) is 0 Å². The van der Waals surface area contributed by atoms with Gasteiger partial charge in [-0.15, -0.1) is 0 Å². The molecule has 17 heavy (non-hydrogen) atoms. The van der Waals surface area contributed by atoms with Crippen LogP contribution in [0.4, 0.5) is 5.69 Å². The highest BCUT2D eigenvalue weighted by Gasteiger charge is 2.25. The quantitative estimate of drug-likeness (QED) is 0.865. The summed E-state index contributed by atoms with van der Waals surface area (Å²) in [5, 5.41) is 6.74. The average molecular weight is 253 g/mol. The lowest BCUT2D eigenvalue weighted by Crippen LogP contribution is -2.38. The van der Waals surface area contributed by atoms with E-state index in [1.54, 1.807) is 0 Å². The van der Waals surface area contributed by atoms with Gasteiger partial charge in [-0.1, -0.05) is 17.7 Å². The van der Waals surface area contributed by atoms with Gasteiger partial charge in [0.2, 0.25) is 5.91 Å². The lowest BCUT2D eigenvalue weighted by molar-refractivity contribution is -0.121. The average Bonchev–Trinajstić information content (AvgIpc) is 3.06. The van der Waals surface area contributed by atoms with E-state index in [2.05, 4.69) is 10.6 Å². The first-order valence-electron chi connectivity index (χ1n) is 5.89. The number of nitrogens with one attached hydrogen (secondary N) is 2. The van der Waals surface area contributed by atoms with Crippen molar-refractivity contribution in [2.24, 2.45) is 0 Å². The first kappa shape index (κ1) is 12.2. The van der Waals surface area contributed by atoms with Gasteiger partial charge in [0.1, 0.15) is 6.04 Å². The maximum absolute atomic E-state index is 11.8. The van der Waals surface area contributed by atoms with Crippen LogP contribution in [0, 0.1) is 6.92 Å². The van der Waals surface area contributed by atoms with E-state index in [4.69, 9.17) is 11.6 Å². The molecule has 2 N–H and O–H groups in total. The summed E-state index contributed by atoms with van der Waals surface area (Å²) in [6, 6.07) is 5.88. The minimum atomic E-state index is -0.268. The van der Waals surface area contributed by atoms with E-state index in [0.717, 1.165) is 24.1 Å². The van der Waals surface area contributed by atoms with Crippen molar-refractivity contribution in [1.82, 2.24) is 5.32 Å². The number of rotatable bonds is 4. The third-order valence-electron chi connectivity index (χ3n) is 2.81. The van der Waals surface area contributed by atoms with Gasteiger partial charge in [-0.3, -0.25) is 4.79 Å². The molecule has 92 valence electrons. The van der Waals surface area contributed by atoms with Crippen molar-refractivity contribution in [3.8, 4) is 0 Å². The van der Waals surface area contributed by atoms with Gasteiger partial charge in [-0.25, -0.2) is 0 Å². The van der Waals surface area contributed by atoms with Gasteiger partial charge >= 0.3 is 0 Å². The molecule has 0 aromatic heterocycles. The normalized spacial score (nSPS) is 16.4. The first-order valence-corrected chi connectivity index (χ1v) is 6.27. The van der Waals surface area contributed by atoms with Gasteiger partial charge in [-0.2, -0.15) is 0 Å². The molecule has 0 saturated heterocycles. The van der Waals surface area contributed by atoms with Crippen LogP contribution < -0.4 is 10.6 Å². The maximum Gasteiger partial charge on any atom is 0.242 e. The second kappa shape index (κ2) is 4.96. The summed E-state index contributed by atoms with van der Waals surface area (Å²) < 4.78 is 0. The third-order valence-corrected chi connectivity index (χ3v) is 3.13. The molecule has 1 aliphatic carbocycles. The fraction of sp³-hybridized carbons (Fsp3) is 0.462. The molecule has 1 fully saturated rings. The highest BCUT2D eigenvalue weighted by Crippen LogP contribution is 2.24. The molecule has 1 aliphatic rings. The molecule has 0 bridgehead atoms. The Bertz CT molecular complexity index is 429. The Labute approximate surface area is 107 Å². The van der Waals surface area contributed by atoms with Gasteiger partial charge in [-0.05, 0) is 44.4 Å². The van der Waals surface area contributed by atoms with Crippen LogP contribution in [0.15, 0.2) is 18.2 Å². The van der Waals surface area contributed by atoms with E-state index < -0.39 is 0 Å². The number of halogens is 1. The third kappa shape index (κ3) is 3.37. The molecule has 3 nitrogen and oxygen atoms in total. The fourth-order valence-electron chi connectivity index (χ4n) is 1.59. The molecule has 1 atom stereocenters. The summed E-state index contributed by atoms with van der Waals surface area (Å²) in [6.07, 6.45) is 2.20. The predicted molar refractivity (Wildman–Crippen MR) is 70.4 cm³/mol. The molecule has 1 unspecified atom stereocenters. The number of anilines is 1. The number of benzene rings is 1. The second-order valence-electron chi connectivity index (χ2n) is 4.63. The molecular weight excluding hydrogens is 236 g/mol. The maximum atomic E-state index is 11.8. The lowest BCUT2D eigenvalue weighted by Gasteiger charge is -2.16. The number of hydrogen-bond donors (Lipinski definition) is 2. The Morgan fingerprint density at radius 3 is 2.76 bits per heavy atom. The van der Waals surface area contributed by atoms with Gasteiger partial charge in [0.15, 0.2) is 0 Å². The van der Waals surface area contributed by atoms with Gasteiger partial charge in [0.25, 0.3) is 0 Å². The van der Waals surface area contributed by atoms with Crippen LogP contribution in [-0.4, -0.2) is 18.0 Å². The largest absolute Gasteiger partial charge is 0.373 e. The summed E-state index contributed by atoms with van der Waals surface area (Å²) in [5.41, 5.74) is 1.91. The van der Waals surface area contributed by atoms with E-state index in [1.807, 2.05) is 32.0 Å². The van der Waals surface area contributed by atoms with E-state index >= 15 is 0 Å². The molecule has 1 amide bonds. The molecular formula is C13H17ClN2O. The van der Waals surface area contributed by atoms with Crippen molar-refractivity contribution in [3.05, 3.63) is 28.8 Å². The van der Waals surface area contributed by atoms with Crippen molar-refractivity contribution in [1.29, 1.82) is 0 Å². The zero-order valence-corrected chi connectivity index (χ0v) is 10.8. The van der Waals surface area contributed by atoms with E-state index in [0.29, 0.717) is 11.1 Å². The van der Waals surface area contributed by atoms with E-state index in [9.17, 15) is 4.79 Å².